The fourth-order valence-electron chi connectivity index (χ4n) is 2.64. The molecule has 0 amide bonds. The van der Waals surface area contributed by atoms with E-state index in [9.17, 15) is 0 Å². The lowest BCUT2D eigenvalue weighted by Gasteiger charge is -2.06. The molecule has 1 aliphatic carbocycles. The summed E-state index contributed by atoms with van der Waals surface area (Å²) >= 11 is 1.45. The van der Waals surface area contributed by atoms with E-state index in [2.05, 4.69) is 29.4 Å². The number of anilines is 1. The van der Waals surface area contributed by atoms with E-state index in [-0.39, 0.29) is 0 Å². The molecule has 0 unspecified atom stereocenters. The van der Waals surface area contributed by atoms with Crippen molar-refractivity contribution in [2.45, 2.75) is 57.5 Å². The second kappa shape index (κ2) is 5.12. The Kier molecular flexibility index (Phi) is 3.14. The van der Waals surface area contributed by atoms with Crippen molar-refractivity contribution in [2.75, 3.05) is 5.32 Å². The van der Waals surface area contributed by atoms with E-state index >= 15 is 0 Å². The third-order valence-electron chi connectivity index (χ3n) is 3.97. The largest absolute Gasteiger partial charge is 0.353 e. The van der Waals surface area contributed by atoms with Gasteiger partial charge in [0.25, 0.3) is 0 Å². The van der Waals surface area contributed by atoms with Gasteiger partial charge in [0.15, 0.2) is 5.82 Å². The zero-order valence-corrected chi connectivity index (χ0v) is 12.2. The van der Waals surface area contributed by atoms with Crippen LogP contribution in [0.1, 0.15) is 55.5 Å². The van der Waals surface area contributed by atoms with Crippen LogP contribution in [0.5, 0.6) is 0 Å². The highest BCUT2D eigenvalue weighted by atomic mass is 32.1. The van der Waals surface area contributed by atoms with Gasteiger partial charge in [-0.3, -0.25) is 0 Å². The molecule has 3 heterocycles. The van der Waals surface area contributed by atoms with Gasteiger partial charge in [0.05, 0.1) is 6.54 Å². The predicted molar refractivity (Wildman–Crippen MR) is 76.8 cm³/mol. The number of nitrogens with one attached hydrogen (secondary N) is 1. The van der Waals surface area contributed by atoms with Crippen LogP contribution in [0.25, 0.3) is 0 Å². The molecule has 4 rings (SSSR count). The van der Waals surface area contributed by atoms with Gasteiger partial charge in [-0.15, -0.1) is 10.2 Å². The van der Waals surface area contributed by atoms with Gasteiger partial charge in [-0.1, -0.05) is 6.42 Å². The molecule has 7 heteroatoms. The standard InChI is InChI=1S/C13H18N6S/c1-2-4-10-16-17-11(19(10)7-3-1)8-14-13-15-12(18-20-13)9-5-6-9/h9H,1-8H2,(H,14,15,18). The number of hydrogen-bond donors (Lipinski definition) is 1. The van der Waals surface area contributed by atoms with Gasteiger partial charge in [0.1, 0.15) is 11.6 Å². The molecule has 20 heavy (non-hydrogen) atoms. The Bertz CT molecular complexity index is 600. The number of fused-ring (bicyclic) bond motifs is 1. The van der Waals surface area contributed by atoms with Crippen LogP contribution in [-0.4, -0.2) is 24.1 Å². The van der Waals surface area contributed by atoms with Gasteiger partial charge in [0, 0.05) is 30.4 Å². The Hall–Kier alpha value is -1.50. The molecule has 0 spiro atoms. The molecule has 0 aromatic carbocycles. The highest BCUT2D eigenvalue weighted by Crippen LogP contribution is 2.39. The van der Waals surface area contributed by atoms with E-state index in [4.69, 9.17) is 0 Å². The van der Waals surface area contributed by atoms with Crippen molar-refractivity contribution in [3.63, 3.8) is 0 Å². The van der Waals surface area contributed by atoms with E-state index < -0.39 is 0 Å². The number of hydrogen-bond acceptors (Lipinski definition) is 6. The summed E-state index contributed by atoms with van der Waals surface area (Å²) in [5.74, 6) is 3.78. The lowest BCUT2D eigenvalue weighted by Crippen LogP contribution is -2.10. The number of aryl methyl sites for hydroxylation is 1. The van der Waals surface area contributed by atoms with Gasteiger partial charge in [-0.2, -0.15) is 4.37 Å². The maximum absolute atomic E-state index is 4.54. The van der Waals surface area contributed by atoms with Crippen LogP contribution in [-0.2, 0) is 19.5 Å². The van der Waals surface area contributed by atoms with Crippen LogP contribution in [0.3, 0.4) is 0 Å². The highest BCUT2D eigenvalue weighted by molar-refractivity contribution is 7.09. The first-order valence-corrected chi connectivity index (χ1v) is 8.16. The second-order valence-electron chi connectivity index (χ2n) is 5.58. The number of nitrogens with zero attached hydrogens (tertiary/aromatic N) is 5. The van der Waals surface area contributed by atoms with E-state index in [0.29, 0.717) is 12.5 Å². The molecule has 1 N–H and O–H groups in total. The van der Waals surface area contributed by atoms with Crippen LogP contribution >= 0.6 is 11.5 Å². The van der Waals surface area contributed by atoms with Gasteiger partial charge < -0.3 is 9.88 Å². The molecule has 0 atom stereocenters. The Morgan fingerprint density at radius 3 is 3.05 bits per heavy atom. The summed E-state index contributed by atoms with van der Waals surface area (Å²) in [4.78, 5) is 4.54. The first-order chi connectivity index (χ1) is 9.90. The second-order valence-corrected chi connectivity index (χ2v) is 6.33. The van der Waals surface area contributed by atoms with E-state index in [0.717, 1.165) is 35.6 Å². The smallest absolute Gasteiger partial charge is 0.202 e. The topological polar surface area (TPSA) is 68.5 Å². The average molecular weight is 290 g/mol. The Labute approximate surface area is 121 Å². The molecule has 6 nitrogen and oxygen atoms in total. The van der Waals surface area contributed by atoms with Gasteiger partial charge in [-0.25, -0.2) is 4.98 Å². The van der Waals surface area contributed by atoms with Crippen LogP contribution in [0.15, 0.2) is 0 Å². The molecule has 2 aromatic rings. The Morgan fingerprint density at radius 1 is 1.20 bits per heavy atom. The quantitative estimate of drug-likeness (QED) is 0.936. The fraction of sp³-hybridized carbons (Fsp3) is 0.692. The maximum atomic E-state index is 4.54. The number of aromatic nitrogens is 5. The maximum Gasteiger partial charge on any atom is 0.202 e. The van der Waals surface area contributed by atoms with Crippen molar-refractivity contribution in [3.8, 4) is 0 Å². The van der Waals surface area contributed by atoms with E-state index in [1.54, 1.807) is 0 Å². The summed E-state index contributed by atoms with van der Waals surface area (Å²) in [5.41, 5.74) is 0. The minimum Gasteiger partial charge on any atom is -0.353 e. The summed E-state index contributed by atoms with van der Waals surface area (Å²) in [6, 6.07) is 0. The first kappa shape index (κ1) is 12.3. The van der Waals surface area contributed by atoms with Crippen LogP contribution in [0.4, 0.5) is 5.13 Å². The van der Waals surface area contributed by atoms with Gasteiger partial charge in [0.2, 0.25) is 5.13 Å². The van der Waals surface area contributed by atoms with Crippen LogP contribution in [0.2, 0.25) is 0 Å². The first-order valence-electron chi connectivity index (χ1n) is 7.38. The van der Waals surface area contributed by atoms with Crippen molar-refractivity contribution >= 4 is 16.7 Å². The van der Waals surface area contributed by atoms with Gasteiger partial charge in [-0.05, 0) is 25.7 Å². The Balaban J connectivity index is 1.44. The Morgan fingerprint density at radius 2 is 2.15 bits per heavy atom. The van der Waals surface area contributed by atoms with Crippen LogP contribution < -0.4 is 5.32 Å². The third-order valence-corrected chi connectivity index (χ3v) is 4.65. The minimum absolute atomic E-state index is 0.617. The summed E-state index contributed by atoms with van der Waals surface area (Å²) in [5, 5.41) is 12.9. The molecular weight excluding hydrogens is 272 g/mol. The van der Waals surface area contributed by atoms with Crippen molar-refractivity contribution < 1.29 is 0 Å². The van der Waals surface area contributed by atoms with Crippen LogP contribution in [0, 0.1) is 0 Å². The fourth-order valence-corrected chi connectivity index (χ4v) is 3.29. The predicted octanol–water partition coefficient (Wildman–Crippen LogP) is 2.35. The number of rotatable bonds is 4. The zero-order chi connectivity index (χ0) is 13.4. The monoisotopic (exact) mass is 290 g/mol. The molecule has 2 aliphatic rings. The zero-order valence-electron chi connectivity index (χ0n) is 11.4. The summed E-state index contributed by atoms with van der Waals surface area (Å²) in [6.07, 6.45) is 7.28. The SMILES string of the molecule is C1CCc2nnc(CNc3nc(C4CC4)ns3)n2CC1. The van der Waals surface area contributed by atoms with E-state index in [1.165, 1.54) is 43.6 Å². The van der Waals surface area contributed by atoms with E-state index in [1.807, 2.05) is 0 Å². The summed E-state index contributed by atoms with van der Waals surface area (Å²) in [6.45, 7) is 1.73. The summed E-state index contributed by atoms with van der Waals surface area (Å²) in [7, 11) is 0. The molecule has 0 bridgehead atoms. The van der Waals surface area contributed by atoms with Gasteiger partial charge >= 0.3 is 0 Å². The molecular formula is C13H18N6S. The molecule has 1 saturated carbocycles. The molecule has 1 aliphatic heterocycles. The van der Waals surface area contributed by atoms with Crippen molar-refractivity contribution in [1.82, 2.24) is 24.1 Å². The molecule has 0 radical (unpaired) electrons. The average Bonchev–Trinajstić information content (AvgIpc) is 3.16. The normalized spacial score (nSPS) is 18.6. The summed E-state index contributed by atoms with van der Waals surface area (Å²) < 4.78 is 6.67. The van der Waals surface area contributed by atoms with Crippen molar-refractivity contribution in [2.24, 2.45) is 0 Å². The molecule has 0 saturated heterocycles. The molecule has 1 fully saturated rings. The lowest BCUT2D eigenvalue weighted by atomic mass is 10.2. The highest BCUT2D eigenvalue weighted by Gasteiger charge is 2.27. The minimum atomic E-state index is 0.617. The lowest BCUT2D eigenvalue weighted by molar-refractivity contribution is 0.610. The van der Waals surface area contributed by atoms with Crippen molar-refractivity contribution in [3.05, 3.63) is 17.5 Å². The molecule has 2 aromatic heterocycles. The molecule has 106 valence electrons. The third kappa shape index (κ3) is 2.42. The van der Waals surface area contributed by atoms with Crippen molar-refractivity contribution in [1.29, 1.82) is 0 Å².